The second-order valence-corrected chi connectivity index (χ2v) is 5.88. The van der Waals surface area contributed by atoms with Crippen molar-refractivity contribution in [1.82, 2.24) is 30.4 Å². The Labute approximate surface area is 162 Å². The van der Waals surface area contributed by atoms with E-state index in [1.54, 1.807) is 23.0 Å². The molecule has 3 rings (SSSR count). The molecule has 1 aromatic carbocycles. The maximum Gasteiger partial charge on any atom is 0.224 e. The van der Waals surface area contributed by atoms with Crippen molar-refractivity contribution in [3.05, 3.63) is 66.1 Å². The molecule has 0 aliphatic heterocycles. The highest BCUT2D eigenvalue weighted by atomic mass is 19.1. The summed E-state index contributed by atoms with van der Waals surface area (Å²) in [5, 5.41) is 10.4. The van der Waals surface area contributed by atoms with Gasteiger partial charge < -0.3 is 15.4 Å². The fourth-order valence-corrected chi connectivity index (χ4v) is 2.43. The lowest BCUT2D eigenvalue weighted by Crippen LogP contribution is -2.37. The zero-order chi connectivity index (χ0) is 19.8. The molecule has 2 heterocycles. The molecule has 0 aliphatic carbocycles. The van der Waals surface area contributed by atoms with Crippen LogP contribution in [-0.2, 0) is 20.1 Å². The van der Waals surface area contributed by atoms with E-state index in [0.717, 1.165) is 11.4 Å². The van der Waals surface area contributed by atoms with Crippen molar-refractivity contribution >= 4 is 5.96 Å². The number of guanidine groups is 1. The van der Waals surface area contributed by atoms with E-state index in [1.807, 2.05) is 26.1 Å². The lowest BCUT2D eigenvalue weighted by Gasteiger charge is -2.12. The second-order valence-electron chi connectivity index (χ2n) is 5.88. The van der Waals surface area contributed by atoms with Gasteiger partial charge in [-0.05, 0) is 25.1 Å². The average Bonchev–Trinajstić information content (AvgIpc) is 3.10. The summed E-state index contributed by atoms with van der Waals surface area (Å²) in [5.41, 5.74) is 0.780. The number of nitrogens with one attached hydrogen (secondary N) is 2. The molecule has 0 saturated carbocycles. The van der Waals surface area contributed by atoms with Crippen LogP contribution in [0.5, 0.6) is 11.6 Å². The highest BCUT2D eigenvalue weighted by Gasteiger charge is 2.08. The van der Waals surface area contributed by atoms with Gasteiger partial charge in [-0.15, -0.1) is 0 Å². The molecule has 0 bridgehead atoms. The molecule has 9 heteroatoms. The van der Waals surface area contributed by atoms with E-state index >= 15 is 0 Å². The molecule has 0 saturated heterocycles. The van der Waals surface area contributed by atoms with Gasteiger partial charge in [-0.3, -0.25) is 4.68 Å². The van der Waals surface area contributed by atoms with Crippen LogP contribution in [0.15, 0.2) is 53.9 Å². The Balaban J connectivity index is 1.70. The van der Waals surface area contributed by atoms with Gasteiger partial charge in [-0.2, -0.15) is 5.10 Å². The summed E-state index contributed by atoms with van der Waals surface area (Å²) in [7, 11) is 1.83. The summed E-state index contributed by atoms with van der Waals surface area (Å²) in [6.45, 7) is 3.53. The summed E-state index contributed by atoms with van der Waals surface area (Å²) in [5.74, 6) is 1.83. The number of pyridine rings is 1. The van der Waals surface area contributed by atoms with Crippen molar-refractivity contribution in [2.75, 3.05) is 6.54 Å². The van der Waals surface area contributed by atoms with Gasteiger partial charge in [0, 0.05) is 31.4 Å². The summed E-state index contributed by atoms with van der Waals surface area (Å²) in [6, 6.07) is 9.62. The molecule has 3 aromatic rings. The normalized spacial score (nSPS) is 11.3. The van der Waals surface area contributed by atoms with Crippen LogP contribution in [0.4, 0.5) is 4.39 Å². The highest BCUT2D eigenvalue weighted by molar-refractivity contribution is 5.79. The minimum Gasteiger partial charge on any atom is -0.439 e. The van der Waals surface area contributed by atoms with Crippen molar-refractivity contribution in [3.63, 3.8) is 0 Å². The second kappa shape index (κ2) is 9.45. The smallest absolute Gasteiger partial charge is 0.224 e. The van der Waals surface area contributed by atoms with Gasteiger partial charge in [-0.1, -0.05) is 12.1 Å². The van der Waals surface area contributed by atoms with Gasteiger partial charge in [0.05, 0.1) is 13.1 Å². The summed E-state index contributed by atoms with van der Waals surface area (Å²) >= 11 is 0. The monoisotopic (exact) mass is 383 g/mol. The Hall–Kier alpha value is -3.49. The third kappa shape index (κ3) is 5.26. The Morgan fingerprint density at radius 2 is 2.11 bits per heavy atom. The first kappa shape index (κ1) is 19.3. The molecule has 0 aliphatic rings. The number of ether oxygens (including phenoxy) is 1. The van der Waals surface area contributed by atoms with Crippen LogP contribution in [0, 0.1) is 5.82 Å². The lowest BCUT2D eigenvalue weighted by molar-refractivity contribution is 0.452. The van der Waals surface area contributed by atoms with Gasteiger partial charge in [0.25, 0.3) is 0 Å². The molecule has 8 nitrogen and oxygen atoms in total. The largest absolute Gasteiger partial charge is 0.439 e. The zero-order valence-electron chi connectivity index (χ0n) is 15.8. The lowest BCUT2D eigenvalue weighted by atomic mass is 10.2. The van der Waals surface area contributed by atoms with E-state index in [9.17, 15) is 4.39 Å². The van der Waals surface area contributed by atoms with Gasteiger partial charge in [0.15, 0.2) is 5.96 Å². The van der Waals surface area contributed by atoms with Crippen molar-refractivity contribution in [2.45, 2.75) is 20.0 Å². The molecule has 0 radical (unpaired) electrons. The number of halogens is 1. The zero-order valence-corrected chi connectivity index (χ0v) is 15.8. The van der Waals surface area contributed by atoms with Crippen molar-refractivity contribution in [1.29, 1.82) is 0 Å². The Kier molecular flexibility index (Phi) is 6.50. The fraction of sp³-hybridized carbons (Fsp3) is 0.263. The van der Waals surface area contributed by atoms with Crippen molar-refractivity contribution in [2.24, 2.45) is 12.0 Å². The standard InChI is InChI=1S/C19H22FN7O/c1-3-21-19(24-12-17-25-13-26-27(17)2)23-11-14-6-5-9-22-18(14)28-16-8-4-7-15(20)10-16/h4-10,13H,3,11-12H2,1-2H3,(H2,21,23,24). The summed E-state index contributed by atoms with van der Waals surface area (Å²) < 4.78 is 20.8. The molecular formula is C19H22FN7O. The van der Waals surface area contributed by atoms with Crippen LogP contribution in [-0.4, -0.2) is 32.3 Å². The minimum atomic E-state index is -0.365. The SMILES string of the molecule is CCNC(=NCc1cccnc1Oc1cccc(F)c1)NCc1ncnn1C. The molecular weight excluding hydrogens is 361 g/mol. The first-order valence-electron chi connectivity index (χ1n) is 8.88. The highest BCUT2D eigenvalue weighted by Crippen LogP contribution is 2.23. The van der Waals surface area contributed by atoms with Gasteiger partial charge in [-0.25, -0.2) is 19.4 Å². The molecule has 0 unspecified atom stereocenters. The maximum absolute atomic E-state index is 13.4. The van der Waals surface area contributed by atoms with Gasteiger partial charge in [0.2, 0.25) is 5.88 Å². The topological polar surface area (TPSA) is 89.2 Å². The molecule has 146 valence electrons. The summed E-state index contributed by atoms with van der Waals surface area (Å²) in [6.07, 6.45) is 3.13. The average molecular weight is 383 g/mol. The molecule has 0 spiro atoms. The van der Waals surface area contributed by atoms with Crippen LogP contribution in [0.25, 0.3) is 0 Å². The first-order chi connectivity index (χ1) is 13.7. The minimum absolute atomic E-state index is 0.340. The summed E-state index contributed by atoms with van der Waals surface area (Å²) in [4.78, 5) is 13.0. The van der Waals surface area contributed by atoms with Crippen LogP contribution in [0.2, 0.25) is 0 Å². The number of aliphatic imine (C=N–C) groups is 1. The number of nitrogens with zero attached hydrogens (tertiary/aromatic N) is 5. The molecule has 0 atom stereocenters. The Morgan fingerprint density at radius 1 is 1.21 bits per heavy atom. The Bertz CT molecular complexity index is 941. The number of rotatable bonds is 7. The van der Waals surface area contributed by atoms with Crippen LogP contribution in [0.1, 0.15) is 18.3 Å². The Morgan fingerprint density at radius 3 is 2.86 bits per heavy atom. The number of benzene rings is 1. The van der Waals surface area contributed by atoms with E-state index in [4.69, 9.17) is 4.74 Å². The first-order valence-corrected chi connectivity index (χ1v) is 8.88. The molecule has 0 fully saturated rings. The number of aryl methyl sites for hydroxylation is 1. The van der Waals surface area contributed by atoms with E-state index in [-0.39, 0.29) is 5.82 Å². The van der Waals surface area contributed by atoms with Crippen LogP contribution in [0.3, 0.4) is 0 Å². The van der Waals surface area contributed by atoms with Crippen molar-refractivity contribution < 1.29 is 9.13 Å². The third-order valence-electron chi connectivity index (χ3n) is 3.83. The van der Waals surface area contributed by atoms with E-state index in [1.165, 1.54) is 18.5 Å². The van der Waals surface area contributed by atoms with E-state index in [0.29, 0.717) is 37.2 Å². The number of hydrogen-bond acceptors (Lipinski definition) is 5. The van der Waals surface area contributed by atoms with E-state index < -0.39 is 0 Å². The molecule has 2 aromatic heterocycles. The third-order valence-corrected chi connectivity index (χ3v) is 3.83. The predicted octanol–water partition coefficient (Wildman–Crippen LogP) is 2.40. The molecule has 28 heavy (non-hydrogen) atoms. The van der Waals surface area contributed by atoms with E-state index in [2.05, 4.69) is 30.7 Å². The van der Waals surface area contributed by atoms with Gasteiger partial charge in [0.1, 0.15) is 23.7 Å². The van der Waals surface area contributed by atoms with Crippen molar-refractivity contribution in [3.8, 4) is 11.6 Å². The van der Waals surface area contributed by atoms with Crippen LogP contribution < -0.4 is 15.4 Å². The van der Waals surface area contributed by atoms with Crippen LogP contribution >= 0.6 is 0 Å². The number of aromatic nitrogens is 4. The fourth-order valence-electron chi connectivity index (χ4n) is 2.43. The molecule has 0 amide bonds. The quantitative estimate of drug-likeness (QED) is 0.481. The molecule has 2 N–H and O–H groups in total. The maximum atomic E-state index is 13.4. The van der Waals surface area contributed by atoms with Gasteiger partial charge >= 0.3 is 0 Å². The number of hydrogen-bond donors (Lipinski definition) is 2. The predicted molar refractivity (Wildman–Crippen MR) is 103 cm³/mol.